The van der Waals surface area contributed by atoms with Gasteiger partial charge in [0.2, 0.25) is 5.91 Å². The van der Waals surface area contributed by atoms with Crippen molar-refractivity contribution in [3.8, 4) is 5.75 Å². The molecule has 0 aliphatic carbocycles. The minimum atomic E-state index is -0.645. The van der Waals surface area contributed by atoms with E-state index in [-0.39, 0.29) is 17.8 Å². The van der Waals surface area contributed by atoms with Crippen molar-refractivity contribution >= 4 is 17.7 Å². The number of amides is 1. The number of rotatable bonds is 4. The number of halogens is 2. The van der Waals surface area contributed by atoms with Crippen molar-refractivity contribution in [1.82, 2.24) is 4.90 Å². The number of ether oxygens (including phenoxy) is 1. The average Bonchev–Trinajstić information content (AvgIpc) is 2.87. The molecule has 120 valence electrons. The zero-order valence-corrected chi connectivity index (χ0v) is 13.3. The normalized spacial score (nSPS) is 17.6. The van der Waals surface area contributed by atoms with Crippen molar-refractivity contribution in [1.29, 1.82) is 0 Å². The molecule has 1 aliphatic rings. The van der Waals surface area contributed by atoms with E-state index in [0.717, 1.165) is 11.6 Å². The summed E-state index contributed by atoms with van der Waals surface area (Å²) in [5, 5.41) is -0.232. The van der Waals surface area contributed by atoms with Crippen LogP contribution in [0, 0.1) is 11.6 Å². The third-order valence-electron chi connectivity index (χ3n) is 3.65. The molecule has 0 aromatic heterocycles. The van der Waals surface area contributed by atoms with E-state index in [1.165, 1.54) is 23.9 Å². The molecule has 1 heterocycles. The molecule has 23 heavy (non-hydrogen) atoms. The SMILES string of the molecule is COc1ccccc1C1SCC(=O)N1Cc1cc(F)cc(F)c1. The van der Waals surface area contributed by atoms with Crippen molar-refractivity contribution < 1.29 is 18.3 Å². The fourth-order valence-corrected chi connectivity index (χ4v) is 3.86. The van der Waals surface area contributed by atoms with Crippen molar-refractivity contribution in [3.05, 3.63) is 65.2 Å². The summed E-state index contributed by atoms with van der Waals surface area (Å²) in [7, 11) is 1.58. The number of hydrogen-bond donors (Lipinski definition) is 0. The zero-order valence-electron chi connectivity index (χ0n) is 12.5. The van der Waals surface area contributed by atoms with Gasteiger partial charge < -0.3 is 9.64 Å². The van der Waals surface area contributed by atoms with Crippen LogP contribution < -0.4 is 4.74 Å². The Labute approximate surface area is 137 Å². The first kappa shape index (κ1) is 15.8. The maximum Gasteiger partial charge on any atom is 0.234 e. The fourth-order valence-electron chi connectivity index (χ4n) is 2.65. The summed E-state index contributed by atoms with van der Waals surface area (Å²) in [5.41, 5.74) is 1.31. The molecule has 0 spiro atoms. The Bertz CT molecular complexity index is 718. The smallest absolute Gasteiger partial charge is 0.234 e. The number of carbonyl (C=O) groups excluding carboxylic acids is 1. The number of thioether (sulfide) groups is 1. The summed E-state index contributed by atoms with van der Waals surface area (Å²) in [4.78, 5) is 13.8. The first-order chi connectivity index (χ1) is 11.1. The summed E-state index contributed by atoms with van der Waals surface area (Å²) >= 11 is 1.48. The Balaban J connectivity index is 1.91. The summed E-state index contributed by atoms with van der Waals surface area (Å²) in [6.45, 7) is 0.156. The lowest BCUT2D eigenvalue weighted by molar-refractivity contribution is -0.128. The van der Waals surface area contributed by atoms with Crippen molar-refractivity contribution in [2.75, 3.05) is 12.9 Å². The Morgan fingerprint density at radius 1 is 1.22 bits per heavy atom. The predicted octanol–water partition coefficient (Wildman–Crippen LogP) is 3.75. The third kappa shape index (κ3) is 3.32. The van der Waals surface area contributed by atoms with Crippen LogP contribution >= 0.6 is 11.8 Å². The van der Waals surface area contributed by atoms with Gasteiger partial charge in [0, 0.05) is 18.2 Å². The lowest BCUT2D eigenvalue weighted by Gasteiger charge is -2.25. The number of nitrogens with zero attached hydrogens (tertiary/aromatic N) is 1. The molecule has 1 aliphatic heterocycles. The summed E-state index contributed by atoms with van der Waals surface area (Å²) < 4.78 is 32.1. The molecule has 0 saturated carbocycles. The minimum Gasteiger partial charge on any atom is -0.496 e. The maximum atomic E-state index is 13.4. The summed E-state index contributed by atoms with van der Waals surface area (Å²) in [5.74, 6) is -0.326. The Kier molecular flexibility index (Phi) is 4.52. The highest BCUT2D eigenvalue weighted by atomic mass is 32.2. The molecule has 2 aromatic carbocycles. The zero-order chi connectivity index (χ0) is 16.4. The Morgan fingerprint density at radius 3 is 2.61 bits per heavy atom. The predicted molar refractivity (Wildman–Crippen MR) is 85.1 cm³/mol. The molecule has 1 unspecified atom stereocenters. The monoisotopic (exact) mass is 335 g/mol. The van der Waals surface area contributed by atoms with Gasteiger partial charge in [0.1, 0.15) is 22.8 Å². The standard InChI is InChI=1S/C17H15F2NO2S/c1-22-15-5-3-2-4-14(15)17-20(16(21)10-23-17)9-11-6-12(18)8-13(19)7-11/h2-8,17H,9-10H2,1H3. The largest absolute Gasteiger partial charge is 0.496 e. The van der Waals surface area contributed by atoms with Gasteiger partial charge in [-0.15, -0.1) is 11.8 Å². The molecule has 1 atom stereocenters. The van der Waals surface area contributed by atoms with E-state index >= 15 is 0 Å². The molecule has 3 rings (SSSR count). The van der Waals surface area contributed by atoms with Crippen molar-refractivity contribution in [3.63, 3.8) is 0 Å². The highest BCUT2D eigenvalue weighted by molar-refractivity contribution is 8.00. The molecule has 1 amide bonds. The third-order valence-corrected chi connectivity index (χ3v) is 4.89. The average molecular weight is 335 g/mol. The van der Waals surface area contributed by atoms with Gasteiger partial charge in [0.05, 0.1) is 12.9 Å². The van der Waals surface area contributed by atoms with Gasteiger partial charge in [0.25, 0.3) is 0 Å². The van der Waals surface area contributed by atoms with E-state index in [4.69, 9.17) is 4.74 Å². The molecule has 1 fully saturated rings. The van der Waals surface area contributed by atoms with Gasteiger partial charge in [-0.1, -0.05) is 18.2 Å². The molecule has 1 saturated heterocycles. The number of hydrogen-bond acceptors (Lipinski definition) is 3. The van der Waals surface area contributed by atoms with Crippen LogP contribution in [-0.2, 0) is 11.3 Å². The fraction of sp³-hybridized carbons (Fsp3) is 0.235. The van der Waals surface area contributed by atoms with Crippen LogP contribution in [-0.4, -0.2) is 23.7 Å². The van der Waals surface area contributed by atoms with Crippen LogP contribution in [0.5, 0.6) is 5.75 Å². The quantitative estimate of drug-likeness (QED) is 0.852. The Hall–Kier alpha value is -2.08. The molecule has 0 bridgehead atoms. The van der Waals surface area contributed by atoms with E-state index in [2.05, 4.69) is 0 Å². The summed E-state index contributed by atoms with van der Waals surface area (Å²) in [6.07, 6.45) is 0. The minimum absolute atomic E-state index is 0.0597. The molecule has 3 nitrogen and oxygen atoms in total. The van der Waals surface area contributed by atoms with Crippen molar-refractivity contribution in [2.24, 2.45) is 0 Å². The molecule has 6 heteroatoms. The first-order valence-corrected chi connectivity index (χ1v) is 8.12. The van der Waals surface area contributed by atoms with Crippen LogP contribution in [0.15, 0.2) is 42.5 Å². The number of benzene rings is 2. The van der Waals surface area contributed by atoms with Gasteiger partial charge in [-0.3, -0.25) is 4.79 Å². The number of carbonyl (C=O) groups is 1. The number of para-hydroxylation sites is 1. The first-order valence-electron chi connectivity index (χ1n) is 7.07. The van der Waals surface area contributed by atoms with Gasteiger partial charge in [-0.05, 0) is 23.8 Å². The molecule has 0 radical (unpaired) electrons. The molecular formula is C17H15F2NO2S. The Morgan fingerprint density at radius 2 is 1.91 bits per heavy atom. The second-order valence-corrected chi connectivity index (χ2v) is 6.27. The molecule has 2 aromatic rings. The lowest BCUT2D eigenvalue weighted by atomic mass is 10.1. The summed E-state index contributed by atoms with van der Waals surface area (Å²) in [6, 6.07) is 10.8. The van der Waals surface area contributed by atoms with Crippen LogP contribution in [0.25, 0.3) is 0 Å². The van der Waals surface area contributed by atoms with Crippen LogP contribution in [0.4, 0.5) is 8.78 Å². The van der Waals surface area contributed by atoms with E-state index in [1.807, 2.05) is 24.3 Å². The highest BCUT2D eigenvalue weighted by Gasteiger charge is 2.34. The second kappa shape index (κ2) is 6.58. The topological polar surface area (TPSA) is 29.5 Å². The van der Waals surface area contributed by atoms with Crippen LogP contribution in [0.2, 0.25) is 0 Å². The van der Waals surface area contributed by atoms with Gasteiger partial charge in [-0.25, -0.2) is 8.78 Å². The highest BCUT2D eigenvalue weighted by Crippen LogP contribution is 2.43. The van der Waals surface area contributed by atoms with Gasteiger partial charge in [-0.2, -0.15) is 0 Å². The van der Waals surface area contributed by atoms with E-state index in [9.17, 15) is 13.6 Å². The van der Waals surface area contributed by atoms with Gasteiger partial charge in [0.15, 0.2) is 0 Å². The molecule has 0 N–H and O–H groups in total. The van der Waals surface area contributed by atoms with Crippen LogP contribution in [0.3, 0.4) is 0 Å². The van der Waals surface area contributed by atoms with Crippen molar-refractivity contribution in [2.45, 2.75) is 11.9 Å². The second-order valence-electron chi connectivity index (χ2n) is 5.20. The maximum absolute atomic E-state index is 13.4. The van der Waals surface area contributed by atoms with E-state index < -0.39 is 11.6 Å². The number of methoxy groups -OCH3 is 1. The van der Waals surface area contributed by atoms with Gasteiger partial charge >= 0.3 is 0 Å². The lowest BCUT2D eigenvalue weighted by Crippen LogP contribution is -2.28. The van der Waals surface area contributed by atoms with E-state index in [1.54, 1.807) is 12.0 Å². The van der Waals surface area contributed by atoms with E-state index in [0.29, 0.717) is 17.1 Å². The molecular weight excluding hydrogens is 320 g/mol. The van der Waals surface area contributed by atoms with Crippen LogP contribution in [0.1, 0.15) is 16.5 Å².